The molecule has 98 valence electrons. The van der Waals surface area contributed by atoms with Gasteiger partial charge in [0.2, 0.25) is 0 Å². The number of aryl methyl sites for hydroxylation is 1. The van der Waals surface area contributed by atoms with Crippen molar-refractivity contribution in [1.82, 2.24) is 9.97 Å². The van der Waals surface area contributed by atoms with Crippen molar-refractivity contribution in [3.63, 3.8) is 0 Å². The average molecular weight is 275 g/mol. The molecule has 3 nitrogen and oxygen atoms in total. The number of rotatable bonds is 2. The summed E-state index contributed by atoms with van der Waals surface area (Å²) in [7, 11) is 0. The fourth-order valence-electron chi connectivity index (χ4n) is 2.15. The Hall–Kier alpha value is -1.84. The molecule has 1 atom stereocenters. The van der Waals surface area contributed by atoms with Crippen LogP contribution in [0.5, 0.6) is 0 Å². The van der Waals surface area contributed by atoms with E-state index < -0.39 is 6.10 Å². The molecule has 0 saturated heterocycles. The lowest BCUT2D eigenvalue weighted by atomic mass is 10.0. The molecule has 0 saturated carbocycles. The second-order valence-corrected chi connectivity index (χ2v) is 4.41. The highest BCUT2D eigenvalue weighted by Crippen LogP contribution is 2.24. The van der Waals surface area contributed by atoms with Crippen LogP contribution in [0.3, 0.4) is 0 Å². The minimum absolute atomic E-state index is 0. The zero-order valence-corrected chi connectivity index (χ0v) is 11.3. The van der Waals surface area contributed by atoms with Crippen LogP contribution in [0.2, 0.25) is 0 Å². The zero-order chi connectivity index (χ0) is 12.5. The molecule has 3 aromatic rings. The number of nitrogens with one attached hydrogen (secondary N) is 1. The summed E-state index contributed by atoms with van der Waals surface area (Å²) in [5.74, 6) is 0.886. The van der Waals surface area contributed by atoms with Crippen molar-refractivity contribution in [2.24, 2.45) is 0 Å². The van der Waals surface area contributed by atoms with Gasteiger partial charge in [0.05, 0.1) is 11.0 Å². The number of benzene rings is 2. The lowest BCUT2D eigenvalue weighted by Gasteiger charge is -2.11. The largest absolute Gasteiger partial charge is 0.384 e. The summed E-state index contributed by atoms with van der Waals surface area (Å²) in [6.45, 7) is 1.92. The Bertz CT molecular complexity index is 679. The lowest BCUT2D eigenvalue weighted by molar-refractivity contribution is 0.220. The number of hydrogen-bond donors (Lipinski definition) is 2. The van der Waals surface area contributed by atoms with Crippen LogP contribution < -0.4 is 0 Å². The minimum Gasteiger partial charge on any atom is -0.384 e. The average Bonchev–Trinajstić information content (AvgIpc) is 2.78. The first kappa shape index (κ1) is 13.6. The molecule has 3 rings (SSSR count). The Labute approximate surface area is 117 Å². The summed E-state index contributed by atoms with van der Waals surface area (Å²) in [5, 5.41) is 10.3. The maximum absolute atomic E-state index is 10.3. The van der Waals surface area contributed by atoms with Crippen LogP contribution in [-0.2, 0) is 0 Å². The van der Waals surface area contributed by atoms with Crippen molar-refractivity contribution in [3.8, 4) is 0 Å². The molecular formula is C15H15ClN2O. The standard InChI is InChI=1S/C15H14N2O.ClH/c1-10-16-13-8-7-12(9-14(13)17-10)15(18)11-5-3-2-4-6-11;/h2-9,15,18H,1H3,(H,16,17);1H. The highest BCUT2D eigenvalue weighted by atomic mass is 35.5. The Morgan fingerprint density at radius 2 is 1.79 bits per heavy atom. The van der Waals surface area contributed by atoms with E-state index in [9.17, 15) is 5.11 Å². The number of halogens is 1. The second-order valence-electron chi connectivity index (χ2n) is 4.41. The van der Waals surface area contributed by atoms with Crippen molar-refractivity contribution in [2.45, 2.75) is 13.0 Å². The monoisotopic (exact) mass is 274 g/mol. The topological polar surface area (TPSA) is 48.9 Å². The first-order valence-electron chi connectivity index (χ1n) is 5.93. The van der Waals surface area contributed by atoms with Gasteiger partial charge in [0.15, 0.2) is 0 Å². The molecule has 0 spiro atoms. The smallest absolute Gasteiger partial charge is 0.104 e. The van der Waals surface area contributed by atoms with Crippen molar-refractivity contribution in [3.05, 3.63) is 65.5 Å². The van der Waals surface area contributed by atoms with E-state index in [1.54, 1.807) is 0 Å². The summed E-state index contributed by atoms with van der Waals surface area (Å²) in [6, 6.07) is 15.4. The van der Waals surface area contributed by atoms with E-state index in [4.69, 9.17) is 0 Å². The highest BCUT2D eigenvalue weighted by Gasteiger charge is 2.11. The van der Waals surface area contributed by atoms with E-state index in [-0.39, 0.29) is 12.4 Å². The number of hydrogen-bond acceptors (Lipinski definition) is 2. The number of H-pyrrole nitrogens is 1. The number of aliphatic hydroxyl groups excluding tert-OH is 1. The number of fused-ring (bicyclic) bond motifs is 1. The summed E-state index contributed by atoms with van der Waals surface area (Å²) in [4.78, 5) is 7.53. The van der Waals surface area contributed by atoms with Gasteiger partial charge in [-0.2, -0.15) is 0 Å². The van der Waals surface area contributed by atoms with Gasteiger partial charge in [0.25, 0.3) is 0 Å². The van der Waals surface area contributed by atoms with Crippen LogP contribution in [0.15, 0.2) is 48.5 Å². The molecule has 0 aliphatic rings. The molecule has 0 fully saturated rings. The predicted molar refractivity (Wildman–Crippen MR) is 78.6 cm³/mol. The van der Waals surface area contributed by atoms with Gasteiger partial charge in [0.1, 0.15) is 11.9 Å². The van der Waals surface area contributed by atoms with E-state index in [1.165, 1.54) is 0 Å². The van der Waals surface area contributed by atoms with E-state index in [2.05, 4.69) is 9.97 Å². The Morgan fingerprint density at radius 3 is 2.53 bits per heavy atom. The molecule has 19 heavy (non-hydrogen) atoms. The summed E-state index contributed by atoms with van der Waals surface area (Å²) in [6.07, 6.45) is -0.598. The molecule has 0 aliphatic carbocycles. The van der Waals surface area contributed by atoms with Crippen LogP contribution in [-0.4, -0.2) is 15.1 Å². The molecule has 0 aliphatic heterocycles. The maximum atomic E-state index is 10.3. The molecule has 2 aromatic carbocycles. The number of aliphatic hydroxyl groups is 1. The first-order valence-corrected chi connectivity index (χ1v) is 5.93. The van der Waals surface area contributed by atoms with Gasteiger partial charge in [-0.05, 0) is 30.2 Å². The zero-order valence-electron chi connectivity index (χ0n) is 10.5. The van der Waals surface area contributed by atoms with Gasteiger partial charge in [-0.15, -0.1) is 12.4 Å². The van der Waals surface area contributed by atoms with E-state index in [0.717, 1.165) is 28.0 Å². The summed E-state index contributed by atoms with van der Waals surface area (Å²) >= 11 is 0. The van der Waals surface area contributed by atoms with Crippen LogP contribution in [0.1, 0.15) is 23.1 Å². The van der Waals surface area contributed by atoms with Gasteiger partial charge in [0, 0.05) is 0 Å². The van der Waals surface area contributed by atoms with Crippen molar-refractivity contribution in [1.29, 1.82) is 0 Å². The number of aromatic nitrogens is 2. The number of imidazole rings is 1. The Kier molecular flexibility index (Phi) is 3.88. The third-order valence-electron chi connectivity index (χ3n) is 3.06. The number of aromatic amines is 1. The fraction of sp³-hybridized carbons (Fsp3) is 0.133. The van der Waals surface area contributed by atoms with Gasteiger partial charge < -0.3 is 10.1 Å². The minimum atomic E-state index is -0.598. The Balaban J connectivity index is 0.00000133. The summed E-state index contributed by atoms with van der Waals surface area (Å²) < 4.78 is 0. The van der Waals surface area contributed by atoms with Gasteiger partial charge in [-0.1, -0.05) is 36.4 Å². The van der Waals surface area contributed by atoms with Gasteiger partial charge in [-0.25, -0.2) is 4.98 Å². The molecule has 0 bridgehead atoms. The second kappa shape index (κ2) is 5.43. The van der Waals surface area contributed by atoms with Crippen LogP contribution >= 0.6 is 12.4 Å². The van der Waals surface area contributed by atoms with Crippen molar-refractivity contribution in [2.75, 3.05) is 0 Å². The predicted octanol–water partition coefficient (Wildman–Crippen LogP) is 3.37. The lowest BCUT2D eigenvalue weighted by Crippen LogP contribution is -1.98. The SMILES string of the molecule is Cc1nc2ccc(C(O)c3ccccc3)cc2[nH]1.Cl. The molecule has 1 aromatic heterocycles. The first-order chi connectivity index (χ1) is 8.74. The molecule has 4 heteroatoms. The molecule has 1 unspecified atom stereocenters. The van der Waals surface area contributed by atoms with Crippen LogP contribution in [0.4, 0.5) is 0 Å². The molecule has 2 N–H and O–H groups in total. The third kappa shape index (κ3) is 2.62. The van der Waals surface area contributed by atoms with E-state index >= 15 is 0 Å². The van der Waals surface area contributed by atoms with Crippen LogP contribution in [0.25, 0.3) is 11.0 Å². The molecule has 0 amide bonds. The molecular weight excluding hydrogens is 260 g/mol. The van der Waals surface area contributed by atoms with E-state index in [0.29, 0.717) is 0 Å². The third-order valence-corrected chi connectivity index (χ3v) is 3.06. The van der Waals surface area contributed by atoms with Crippen molar-refractivity contribution >= 4 is 23.4 Å². The van der Waals surface area contributed by atoms with E-state index in [1.807, 2.05) is 55.5 Å². The Morgan fingerprint density at radius 1 is 1.05 bits per heavy atom. The molecule has 0 radical (unpaired) electrons. The highest BCUT2D eigenvalue weighted by molar-refractivity contribution is 5.85. The number of nitrogens with zero attached hydrogens (tertiary/aromatic N) is 1. The van der Waals surface area contributed by atoms with Gasteiger partial charge in [-0.3, -0.25) is 0 Å². The summed E-state index contributed by atoms with van der Waals surface area (Å²) in [5.41, 5.74) is 3.65. The van der Waals surface area contributed by atoms with Gasteiger partial charge >= 0.3 is 0 Å². The fourth-order valence-corrected chi connectivity index (χ4v) is 2.15. The molecule has 1 heterocycles. The quantitative estimate of drug-likeness (QED) is 0.753. The maximum Gasteiger partial charge on any atom is 0.104 e. The normalized spacial score (nSPS) is 12.1. The van der Waals surface area contributed by atoms with Crippen LogP contribution in [0, 0.1) is 6.92 Å². The van der Waals surface area contributed by atoms with Crippen molar-refractivity contribution < 1.29 is 5.11 Å².